The predicted octanol–water partition coefficient (Wildman–Crippen LogP) is 3.19. The van der Waals surface area contributed by atoms with Gasteiger partial charge in [0.05, 0.1) is 5.41 Å². The average molecular weight is 241 g/mol. The Hall–Kier alpha value is -0.570. The number of aliphatic carboxylic acids is 1. The minimum Gasteiger partial charge on any atom is -0.481 e. The standard InChI is InChI=1S/C14H27NO2/c1-2-11-15-12-7-6-10-14(13(16)17)8-4-3-5-9-14/h15H,2-12H2,1H3,(H,16,17). The highest BCUT2D eigenvalue weighted by Gasteiger charge is 2.38. The summed E-state index contributed by atoms with van der Waals surface area (Å²) >= 11 is 0. The number of rotatable bonds is 8. The molecule has 0 aromatic carbocycles. The summed E-state index contributed by atoms with van der Waals surface area (Å²) in [6.45, 7) is 4.27. The first kappa shape index (κ1) is 14.5. The molecule has 2 N–H and O–H groups in total. The monoisotopic (exact) mass is 241 g/mol. The van der Waals surface area contributed by atoms with Gasteiger partial charge in [-0.15, -0.1) is 0 Å². The van der Waals surface area contributed by atoms with E-state index in [1.165, 1.54) is 12.8 Å². The van der Waals surface area contributed by atoms with Crippen LogP contribution in [-0.2, 0) is 4.79 Å². The second kappa shape index (κ2) is 7.70. The predicted molar refractivity (Wildman–Crippen MR) is 70.2 cm³/mol. The second-order valence-electron chi connectivity index (χ2n) is 5.35. The topological polar surface area (TPSA) is 49.3 Å². The first-order chi connectivity index (χ1) is 8.21. The van der Waals surface area contributed by atoms with Crippen LogP contribution in [0, 0.1) is 5.41 Å². The maximum absolute atomic E-state index is 11.4. The van der Waals surface area contributed by atoms with E-state index < -0.39 is 5.97 Å². The molecule has 0 saturated heterocycles. The highest BCUT2D eigenvalue weighted by molar-refractivity contribution is 5.74. The number of carboxylic acid groups (broad SMARTS) is 1. The smallest absolute Gasteiger partial charge is 0.309 e. The van der Waals surface area contributed by atoms with Gasteiger partial charge in [-0.1, -0.05) is 32.6 Å². The Kier molecular flexibility index (Phi) is 6.56. The number of hydrogen-bond acceptors (Lipinski definition) is 2. The van der Waals surface area contributed by atoms with Crippen molar-refractivity contribution in [1.82, 2.24) is 5.32 Å². The van der Waals surface area contributed by atoms with Crippen molar-refractivity contribution >= 4 is 5.97 Å². The Morgan fingerprint density at radius 1 is 1.18 bits per heavy atom. The molecule has 0 spiro atoms. The van der Waals surface area contributed by atoms with Crippen LogP contribution in [0.15, 0.2) is 0 Å². The zero-order valence-corrected chi connectivity index (χ0v) is 11.1. The van der Waals surface area contributed by atoms with E-state index in [-0.39, 0.29) is 5.41 Å². The third-order valence-electron chi connectivity index (χ3n) is 3.95. The van der Waals surface area contributed by atoms with Crippen LogP contribution in [0.25, 0.3) is 0 Å². The molecule has 1 aliphatic carbocycles. The second-order valence-corrected chi connectivity index (χ2v) is 5.35. The van der Waals surface area contributed by atoms with Crippen molar-refractivity contribution in [3.8, 4) is 0 Å². The first-order valence-corrected chi connectivity index (χ1v) is 7.15. The van der Waals surface area contributed by atoms with Gasteiger partial charge in [-0.05, 0) is 45.2 Å². The molecule has 100 valence electrons. The lowest BCUT2D eigenvalue weighted by molar-refractivity contribution is -0.151. The van der Waals surface area contributed by atoms with Gasteiger partial charge in [0.15, 0.2) is 0 Å². The van der Waals surface area contributed by atoms with Crippen molar-refractivity contribution in [3.05, 3.63) is 0 Å². The molecule has 0 radical (unpaired) electrons. The zero-order valence-electron chi connectivity index (χ0n) is 11.1. The minimum atomic E-state index is -0.557. The van der Waals surface area contributed by atoms with Crippen molar-refractivity contribution in [2.24, 2.45) is 5.41 Å². The number of unbranched alkanes of at least 4 members (excludes halogenated alkanes) is 1. The van der Waals surface area contributed by atoms with E-state index in [9.17, 15) is 9.90 Å². The van der Waals surface area contributed by atoms with E-state index in [1.807, 2.05) is 0 Å². The maximum atomic E-state index is 11.4. The van der Waals surface area contributed by atoms with E-state index >= 15 is 0 Å². The molecule has 0 aromatic heterocycles. The summed E-state index contributed by atoms with van der Waals surface area (Å²) in [4.78, 5) is 11.4. The molecular weight excluding hydrogens is 214 g/mol. The largest absolute Gasteiger partial charge is 0.481 e. The highest BCUT2D eigenvalue weighted by Crippen LogP contribution is 2.40. The van der Waals surface area contributed by atoms with Gasteiger partial charge in [0.25, 0.3) is 0 Å². The van der Waals surface area contributed by atoms with E-state index in [4.69, 9.17) is 0 Å². The third-order valence-corrected chi connectivity index (χ3v) is 3.95. The maximum Gasteiger partial charge on any atom is 0.309 e. The minimum absolute atomic E-state index is 0.386. The molecule has 1 rings (SSSR count). The number of carbonyl (C=O) groups is 1. The van der Waals surface area contributed by atoms with Crippen LogP contribution in [-0.4, -0.2) is 24.2 Å². The van der Waals surface area contributed by atoms with Gasteiger partial charge in [0.1, 0.15) is 0 Å². The molecule has 1 fully saturated rings. The van der Waals surface area contributed by atoms with Crippen molar-refractivity contribution in [1.29, 1.82) is 0 Å². The Bertz CT molecular complexity index is 222. The summed E-state index contributed by atoms with van der Waals surface area (Å²) in [6, 6.07) is 0. The van der Waals surface area contributed by atoms with Crippen LogP contribution < -0.4 is 5.32 Å². The van der Waals surface area contributed by atoms with Gasteiger partial charge in [-0.3, -0.25) is 4.79 Å². The summed E-state index contributed by atoms with van der Waals surface area (Å²) in [7, 11) is 0. The van der Waals surface area contributed by atoms with Gasteiger partial charge in [-0.25, -0.2) is 0 Å². The Morgan fingerprint density at radius 3 is 2.47 bits per heavy atom. The van der Waals surface area contributed by atoms with Crippen molar-refractivity contribution in [2.45, 2.75) is 64.7 Å². The number of nitrogens with one attached hydrogen (secondary N) is 1. The van der Waals surface area contributed by atoms with Gasteiger partial charge >= 0.3 is 5.97 Å². The normalized spacial score (nSPS) is 19.1. The quantitative estimate of drug-likeness (QED) is 0.642. The lowest BCUT2D eigenvalue weighted by Crippen LogP contribution is -2.33. The summed E-state index contributed by atoms with van der Waals surface area (Å²) in [5.41, 5.74) is -0.386. The first-order valence-electron chi connectivity index (χ1n) is 7.15. The Labute approximate surface area is 105 Å². The molecule has 1 saturated carbocycles. The summed E-state index contributed by atoms with van der Waals surface area (Å²) in [5.74, 6) is -0.557. The Balaban J connectivity index is 2.23. The molecular formula is C14H27NO2. The van der Waals surface area contributed by atoms with Crippen molar-refractivity contribution in [2.75, 3.05) is 13.1 Å². The highest BCUT2D eigenvalue weighted by atomic mass is 16.4. The zero-order chi connectivity index (χ0) is 12.6. The van der Waals surface area contributed by atoms with Crippen molar-refractivity contribution < 1.29 is 9.90 Å². The number of carboxylic acids is 1. The van der Waals surface area contributed by atoms with E-state index in [1.54, 1.807) is 0 Å². The summed E-state index contributed by atoms with van der Waals surface area (Å²) < 4.78 is 0. The fourth-order valence-corrected chi connectivity index (χ4v) is 2.81. The average Bonchev–Trinajstić information content (AvgIpc) is 2.34. The van der Waals surface area contributed by atoms with E-state index in [0.717, 1.165) is 58.0 Å². The van der Waals surface area contributed by atoms with Crippen LogP contribution in [0.4, 0.5) is 0 Å². The van der Waals surface area contributed by atoms with Crippen LogP contribution in [0.1, 0.15) is 64.7 Å². The molecule has 0 bridgehead atoms. The lowest BCUT2D eigenvalue weighted by Gasteiger charge is -2.33. The summed E-state index contributed by atoms with van der Waals surface area (Å²) in [5, 5.41) is 12.8. The molecule has 0 unspecified atom stereocenters. The van der Waals surface area contributed by atoms with Gasteiger partial charge in [0.2, 0.25) is 0 Å². The molecule has 17 heavy (non-hydrogen) atoms. The fourth-order valence-electron chi connectivity index (χ4n) is 2.81. The van der Waals surface area contributed by atoms with Crippen molar-refractivity contribution in [3.63, 3.8) is 0 Å². The molecule has 3 heteroatoms. The lowest BCUT2D eigenvalue weighted by atomic mass is 9.71. The van der Waals surface area contributed by atoms with Crippen LogP contribution in [0.5, 0.6) is 0 Å². The van der Waals surface area contributed by atoms with E-state index in [0.29, 0.717) is 0 Å². The van der Waals surface area contributed by atoms with Crippen LogP contribution in [0.2, 0.25) is 0 Å². The molecule has 0 aromatic rings. The molecule has 0 amide bonds. The van der Waals surface area contributed by atoms with E-state index in [2.05, 4.69) is 12.2 Å². The number of hydrogen-bond donors (Lipinski definition) is 2. The molecule has 0 aliphatic heterocycles. The van der Waals surface area contributed by atoms with Crippen LogP contribution >= 0.6 is 0 Å². The SMILES string of the molecule is CCCNCCCCC1(C(=O)O)CCCCC1. The molecule has 0 heterocycles. The summed E-state index contributed by atoms with van der Waals surface area (Å²) in [6.07, 6.45) is 9.39. The molecule has 0 atom stereocenters. The molecule has 3 nitrogen and oxygen atoms in total. The third kappa shape index (κ3) is 4.66. The van der Waals surface area contributed by atoms with Gasteiger partial charge in [0, 0.05) is 0 Å². The molecule has 1 aliphatic rings. The fraction of sp³-hybridized carbons (Fsp3) is 0.929. The van der Waals surface area contributed by atoms with Crippen LogP contribution in [0.3, 0.4) is 0 Å². The van der Waals surface area contributed by atoms with Gasteiger partial charge in [-0.2, -0.15) is 0 Å². The Morgan fingerprint density at radius 2 is 1.88 bits per heavy atom. The van der Waals surface area contributed by atoms with Gasteiger partial charge < -0.3 is 10.4 Å².